The lowest BCUT2D eigenvalue weighted by molar-refractivity contribution is -0.892. The number of anilines is 2. The first kappa shape index (κ1) is 19.9. The van der Waals surface area contributed by atoms with Crippen molar-refractivity contribution in [2.75, 3.05) is 81.9 Å². The fraction of sp³-hybridized carbons (Fsp3) is 0.650. The highest BCUT2D eigenvalue weighted by molar-refractivity contribution is 5.77. The maximum atomic E-state index is 12.5. The lowest BCUT2D eigenvalue weighted by atomic mass is 10.2. The molecule has 3 saturated heterocycles. The van der Waals surface area contributed by atoms with Crippen LogP contribution >= 0.6 is 0 Å². The molecule has 1 aromatic carbocycles. The van der Waals surface area contributed by atoms with Crippen LogP contribution < -0.4 is 14.7 Å². The lowest BCUT2D eigenvalue weighted by Crippen LogP contribution is -3.16. The summed E-state index contributed by atoms with van der Waals surface area (Å²) in [4.78, 5) is 31.3. The maximum Gasteiger partial charge on any atom is 0.292 e. The largest absolute Gasteiger partial charge is 0.378 e. The van der Waals surface area contributed by atoms with Crippen LogP contribution in [0.3, 0.4) is 0 Å². The average Bonchev–Trinajstić information content (AvgIpc) is 3.29. The van der Waals surface area contributed by atoms with E-state index in [0.717, 1.165) is 63.5 Å². The van der Waals surface area contributed by atoms with E-state index in [2.05, 4.69) is 9.80 Å². The number of morpholine rings is 1. The predicted molar refractivity (Wildman–Crippen MR) is 110 cm³/mol. The Labute approximate surface area is 170 Å². The molecule has 0 aromatic heterocycles. The SMILES string of the molecule is O=C(C[NH+]1CCN(c2ccc([N+](=O)[O-])c(N3CCCC3)c2)CC1)N1CCOCC1. The number of carbonyl (C=O) groups excluding carboxylic acids is 1. The Morgan fingerprint density at radius 3 is 2.38 bits per heavy atom. The van der Waals surface area contributed by atoms with Crippen LogP contribution in [0.1, 0.15) is 12.8 Å². The summed E-state index contributed by atoms with van der Waals surface area (Å²) >= 11 is 0. The second-order valence-corrected chi connectivity index (χ2v) is 8.03. The van der Waals surface area contributed by atoms with E-state index in [0.29, 0.717) is 32.8 Å². The van der Waals surface area contributed by atoms with Gasteiger partial charge in [0.1, 0.15) is 5.69 Å². The van der Waals surface area contributed by atoms with Gasteiger partial charge in [0.05, 0.1) is 44.3 Å². The molecule has 0 saturated carbocycles. The molecule has 4 rings (SSSR count). The fourth-order valence-corrected chi connectivity index (χ4v) is 4.47. The molecule has 0 radical (unpaired) electrons. The molecule has 29 heavy (non-hydrogen) atoms. The maximum absolute atomic E-state index is 12.5. The Bertz CT molecular complexity index is 738. The third-order valence-corrected chi connectivity index (χ3v) is 6.20. The minimum Gasteiger partial charge on any atom is -0.378 e. The monoisotopic (exact) mass is 404 g/mol. The van der Waals surface area contributed by atoms with Gasteiger partial charge in [0.2, 0.25) is 0 Å². The third-order valence-electron chi connectivity index (χ3n) is 6.20. The van der Waals surface area contributed by atoms with Gasteiger partial charge in [0.15, 0.2) is 6.54 Å². The van der Waals surface area contributed by atoms with Crippen molar-refractivity contribution in [3.05, 3.63) is 28.3 Å². The van der Waals surface area contributed by atoms with E-state index in [1.54, 1.807) is 6.07 Å². The number of piperazine rings is 1. The van der Waals surface area contributed by atoms with Crippen molar-refractivity contribution in [2.24, 2.45) is 0 Å². The molecule has 1 N–H and O–H groups in total. The van der Waals surface area contributed by atoms with Crippen molar-refractivity contribution >= 4 is 23.0 Å². The van der Waals surface area contributed by atoms with Crippen molar-refractivity contribution in [3.63, 3.8) is 0 Å². The van der Waals surface area contributed by atoms with Crippen molar-refractivity contribution in [2.45, 2.75) is 12.8 Å². The van der Waals surface area contributed by atoms with Crippen LogP contribution in [0.2, 0.25) is 0 Å². The van der Waals surface area contributed by atoms with Crippen LogP contribution in [-0.2, 0) is 9.53 Å². The summed E-state index contributed by atoms with van der Waals surface area (Å²) in [5, 5.41) is 11.5. The lowest BCUT2D eigenvalue weighted by Gasteiger charge is -2.35. The van der Waals surface area contributed by atoms with Crippen LogP contribution in [0.5, 0.6) is 0 Å². The number of nitrogens with zero attached hydrogens (tertiary/aromatic N) is 4. The van der Waals surface area contributed by atoms with Crippen LogP contribution in [0.25, 0.3) is 0 Å². The van der Waals surface area contributed by atoms with Gasteiger partial charge in [-0.2, -0.15) is 0 Å². The van der Waals surface area contributed by atoms with Gasteiger partial charge in [-0.1, -0.05) is 0 Å². The first-order chi connectivity index (χ1) is 14.1. The Hall–Kier alpha value is -2.39. The Morgan fingerprint density at radius 2 is 1.72 bits per heavy atom. The topological polar surface area (TPSA) is 83.6 Å². The number of benzene rings is 1. The molecule has 0 bridgehead atoms. The number of amides is 1. The van der Waals surface area contributed by atoms with Gasteiger partial charge in [-0.3, -0.25) is 14.9 Å². The quantitative estimate of drug-likeness (QED) is 0.539. The molecule has 0 atom stereocenters. The van der Waals surface area contributed by atoms with E-state index >= 15 is 0 Å². The van der Waals surface area contributed by atoms with E-state index in [-0.39, 0.29) is 16.5 Å². The van der Waals surface area contributed by atoms with E-state index in [1.807, 2.05) is 17.0 Å². The molecule has 158 valence electrons. The van der Waals surface area contributed by atoms with E-state index in [9.17, 15) is 14.9 Å². The first-order valence-corrected chi connectivity index (χ1v) is 10.6. The van der Waals surface area contributed by atoms with Gasteiger partial charge in [0.25, 0.3) is 11.6 Å². The Balaban J connectivity index is 1.37. The second kappa shape index (κ2) is 8.96. The number of nitro groups is 1. The van der Waals surface area contributed by atoms with Crippen molar-refractivity contribution in [3.8, 4) is 0 Å². The molecule has 0 spiro atoms. The van der Waals surface area contributed by atoms with Crippen LogP contribution in [0, 0.1) is 10.1 Å². The smallest absolute Gasteiger partial charge is 0.292 e. The summed E-state index contributed by atoms with van der Waals surface area (Å²) in [5.41, 5.74) is 1.97. The minimum atomic E-state index is -0.281. The molecule has 9 heteroatoms. The molecule has 1 amide bonds. The average molecular weight is 404 g/mol. The highest BCUT2D eigenvalue weighted by Gasteiger charge is 2.28. The summed E-state index contributed by atoms with van der Waals surface area (Å²) in [5.74, 6) is 0.211. The summed E-state index contributed by atoms with van der Waals surface area (Å²) < 4.78 is 5.32. The van der Waals surface area contributed by atoms with Gasteiger partial charge in [-0.25, -0.2) is 0 Å². The summed E-state index contributed by atoms with van der Waals surface area (Å²) in [7, 11) is 0. The molecule has 3 fully saturated rings. The standard InChI is InChI=1S/C20H29N5O4/c26-20(24-11-13-29-14-12-24)16-21-7-9-22(10-8-21)17-3-4-18(25(27)28)19(15-17)23-5-1-2-6-23/h3-4,15H,1-2,5-14,16H2/p+1. The molecule has 3 aliphatic heterocycles. The number of quaternary nitrogens is 1. The number of hydrogen-bond acceptors (Lipinski definition) is 6. The van der Waals surface area contributed by atoms with Crippen LogP contribution in [0.15, 0.2) is 18.2 Å². The molecule has 3 heterocycles. The van der Waals surface area contributed by atoms with Crippen LogP contribution in [0.4, 0.5) is 17.1 Å². The van der Waals surface area contributed by atoms with Crippen molar-refractivity contribution in [1.29, 1.82) is 0 Å². The van der Waals surface area contributed by atoms with Crippen LogP contribution in [-0.4, -0.2) is 87.8 Å². The second-order valence-electron chi connectivity index (χ2n) is 8.03. The van der Waals surface area contributed by atoms with E-state index < -0.39 is 0 Å². The van der Waals surface area contributed by atoms with Gasteiger partial charge < -0.3 is 24.3 Å². The normalized spacial score (nSPS) is 20.9. The molecule has 9 nitrogen and oxygen atoms in total. The number of hydrogen-bond donors (Lipinski definition) is 1. The summed E-state index contributed by atoms with van der Waals surface area (Å²) in [6, 6.07) is 5.49. The molecular weight excluding hydrogens is 374 g/mol. The molecular formula is C20H30N5O4+. The van der Waals surface area contributed by atoms with Gasteiger partial charge in [0, 0.05) is 37.9 Å². The summed E-state index contributed by atoms with van der Waals surface area (Å²) in [6.45, 7) is 8.44. The first-order valence-electron chi connectivity index (χ1n) is 10.6. The Kier molecular flexibility index (Phi) is 6.15. The van der Waals surface area contributed by atoms with Gasteiger partial charge >= 0.3 is 0 Å². The number of carbonyl (C=O) groups is 1. The minimum absolute atomic E-state index is 0.191. The number of nitrogens with one attached hydrogen (secondary N) is 1. The molecule has 0 aliphatic carbocycles. The van der Waals surface area contributed by atoms with Crippen molar-refractivity contribution in [1.82, 2.24) is 4.90 Å². The van der Waals surface area contributed by atoms with E-state index in [4.69, 9.17) is 4.74 Å². The number of ether oxygens (including phenoxy) is 1. The Morgan fingerprint density at radius 1 is 1.03 bits per heavy atom. The zero-order chi connectivity index (χ0) is 20.2. The fourth-order valence-electron chi connectivity index (χ4n) is 4.47. The predicted octanol–water partition coefficient (Wildman–Crippen LogP) is -0.241. The number of rotatable bonds is 5. The van der Waals surface area contributed by atoms with E-state index in [1.165, 1.54) is 4.90 Å². The third kappa shape index (κ3) is 4.62. The molecule has 0 unspecified atom stereocenters. The highest BCUT2D eigenvalue weighted by atomic mass is 16.6. The summed E-state index contributed by atoms with van der Waals surface area (Å²) in [6.07, 6.45) is 2.17. The zero-order valence-electron chi connectivity index (χ0n) is 16.8. The zero-order valence-corrected chi connectivity index (χ0v) is 16.8. The molecule has 1 aromatic rings. The van der Waals surface area contributed by atoms with Crippen molar-refractivity contribution < 1.29 is 19.4 Å². The number of nitro benzene ring substituents is 1. The molecule has 3 aliphatic rings. The highest BCUT2D eigenvalue weighted by Crippen LogP contribution is 2.34. The van der Waals surface area contributed by atoms with Gasteiger partial charge in [-0.05, 0) is 25.0 Å². The van der Waals surface area contributed by atoms with Gasteiger partial charge in [-0.15, -0.1) is 0 Å².